The second kappa shape index (κ2) is 4.31. The van der Waals surface area contributed by atoms with Crippen LogP contribution in [0.25, 0.3) is 0 Å². The second-order valence-electron chi connectivity index (χ2n) is 3.97. The molecule has 1 atom stereocenters. The highest BCUT2D eigenvalue weighted by Gasteiger charge is 2.06. The van der Waals surface area contributed by atoms with Crippen LogP contribution in [0.4, 0.5) is 0 Å². The van der Waals surface area contributed by atoms with E-state index in [0.29, 0.717) is 5.92 Å². The Morgan fingerprint density at radius 3 is 2.00 bits per heavy atom. The first-order valence-electron chi connectivity index (χ1n) is 5.30. The molecule has 75 valence electrons. The zero-order chi connectivity index (χ0) is 10.7. The van der Waals surface area contributed by atoms with Crippen LogP contribution in [-0.2, 0) is 0 Å². The molecular formula is C15H15. The van der Waals surface area contributed by atoms with E-state index in [-0.39, 0.29) is 0 Å². The van der Waals surface area contributed by atoms with Gasteiger partial charge < -0.3 is 0 Å². The lowest BCUT2D eigenvalue weighted by molar-refractivity contribution is 0.921. The van der Waals surface area contributed by atoms with E-state index in [4.69, 9.17) is 0 Å². The summed E-state index contributed by atoms with van der Waals surface area (Å²) in [4.78, 5) is 0. The van der Waals surface area contributed by atoms with Crippen molar-refractivity contribution in [2.45, 2.75) is 19.8 Å². The monoisotopic (exact) mass is 195 g/mol. The topological polar surface area (TPSA) is 0 Å². The molecule has 0 spiro atoms. The van der Waals surface area contributed by atoms with E-state index < -0.39 is 0 Å². The van der Waals surface area contributed by atoms with Gasteiger partial charge >= 0.3 is 0 Å². The zero-order valence-corrected chi connectivity index (χ0v) is 9.20. The Bertz CT molecular complexity index is 412. The smallest absolute Gasteiger partial charge is 0.00610 e. The summed E-state index contributed by atoms with van der Waals surface area (Å²) in [6.07, 6.45) is 0. The van der Waals surface area contributed by atoms with E-state index in [9.17, 15) is 0 Å². The quantitative estimate of drug-likeness (QED) is 0.680. The Labute approximate surface area is 91.6 Å². The van der Waals surface area contributed by atoms with Crippen LogP contribution in [0.3, 0.4) is 0 Å². The van der Waals surface area contributed by atoms with Crippen LogP contribution in [0.1, 0.15) is 29.5 Å². The van der Waals surface area contributed by atoms with Crippen molar-refractivity contribution < 1.29 is 0 Å². The third-order valence-electron chi connectivity index (χ3n) is 2.82. The summed E-state index contributed by atoms with van der Waals surface area (Å²) in [5, 5.41) is 0. The third-order valence-corrected chi connectivity index (χ3v) is 2.82. The van der Waals surface area contributed by atoms with Crippen LogP contribution in [0.2, 0.25) is 0 Å². The molecule has 0 saturated carbocycles. The lowest BCUT2D eigenvalue weighted by atomic mass is 9.93. The Hall–Kier alpha value is -1.56. The van der Waals surface area contributed by atoms with Gasteiger partial charge in [0.1, 0.15) is 0 Å². The minimum Gasteiger partial charge on any atom is -0.0590 e. The van der Waals surface area contributed by atoms with Crippen molar-refractivity contribution in [1.29, 1.82) is 0 Å². The molecule has 0 saturated heterocycles. The van der Waals surface area contributed by atoms with Crippen LogP contribution in [-0.4, -0.2) is 0 Å². The van der Waals surface area contributed by atoms with Gasteiger partial charge in [0.2, 0.25) is 0 Å². The van der Waals surface area contributed by atoms with Crippen molar-refractivity contribution in [2.24, 2.45) is 0 Å². The van der Waals surface area contributed by atoms with Gasteiger partial charge in [-0.15, -0.1) is 0 Å². The molecule has 0 bridgehead atoms. The van der Waals surface area contributed by atoms with E-state index in [1.165, 1.54) is 16.7 Å². The highest BCUT2D eigenvalue weighted by molar-refractivity contribution is 5.32. The van der Waals surface area contributed by atoms with Crippen molar-refractivity contribution >= 4 is 0 Å². The molecule has 0 N–H and O–H groups in total. The van der Waals surface area contributed by atoms with Crippen molar-refractivity contribution in [3.63, 3.8) is 0 Å². The van der Waals surface area contributed by atoms with Crippen molar-refractivity contribution in [1.82, 2.24) is 0 Å². The van der Waals surface area contributed by atoms with Gasteiger partial charge in [-0.2, -0.15) is 0 Å². The summed E-state index contributed by atoms with van der Waals surface area (Å²) in [6.45, 7) is 4.35. The maximum atomic E-state index is 3.05. The van der Waals surface area contributed by atoms with Crippen molar-refractivity contribution in [2.75, 3.05) is 0 Å². The minimum absolute atomic E-state index is 0.459. The van der Waals surface area contributed by atoms with E-state index in [2.05, 4.69) is 56.3 Å². The molecule has 2 rings (SSSR count). The lowest BCUT2D eigenvalue weighted by Crippen LogP contribution is -1.95. The summed E-state index contributed by atoms with van der Waals surface area (Å²) < 4.78 is 0. The number of rotatable bonds is 2. The third kappa shape index (κ3) is 2.27. The molecule has 0 amide bonds. The van der Waals surface area contributed by atoms with Gasteiger partial charge in [0.05, 0.1) is 0 Å². The summed E-state index contributed by atoms with van der Waals surface area (Å²) >= 11 is 0. The predicted octanol–water partition coefficient (Wildman–Crippen LogP) is 3.95. The van der Waals surface area contributed by atoms with E-state index in [1.807, 2.05) is 12.1 Å². The SMILES string of the molecule is Cc1ccc(C(C)c2cc[c]cc2)cc1. The van der Waals surface area contributed by atoms with Crippen LogP contribution in [0, 0.1) is 13.0 Å². The van der Waals surface area contributed by atoms with Gasteiger partial charge in [0.15, 0.2) is 0 Å². The number of hydrogen-bond acceptors (Lipinski definition) is 0. The highest BCUT2D eigenvalue weighted by atomic mass is 14.1. The second-order valence-corrected chi connectivity index (χ2v) is 3.97. The van der Waals surface area contributed by atoms with E-state index in [1.54, 1.807) is 0 Å². The average molecular weight is 195 g/mol. The molecule has 0 fully saturated rings. The first-order valence-corrected chi connectivity index (χ1v) is 5.30. The van der Waals surface area contributed by atoms with Crippen LogP contribution < -0.4 is 0 Å². The van der Waals surface area contributed by atoms with E-state index >= 15 is 0 Å². The number of benzene rings is 2. The van der Waals surface area contributed by atoms with Gasteiger partial charge in [-0.25, -0.2) is 0 Å². The number of hydrogen-bond donors (Lipinski definition) is 0. The molecule has 1 radical (unpaired) electrons. The Morgan fingerprint density at radius 2 is 1.40 bits per heavy atom. The van der Waals surface area contributed by atoms with Crippen molar-refractivity contribution in [3.05, 3.63) is 71.3 Å². The van der Waals surface area contributed by atoms with Gasteiger partial charge in [0, 0.05) is 5.92 Å². The highest BCUT2D eigenvalue weighted by Crippen LogP contribution is 2.23. The molecule has 0 heteroatoms. The van der Waals surface area contributed by atoms with Crippen LogP contribution >= 0.6 is 0 Å². The molecular weight excluding hydrogens is 180 g/mol. The van der Waals surface area contributed by atoms with Crippen LogP contribution in [0.5, 0.6) is 0 Å². The van der Waals surface area contributed by atoms with Gasteiger partial charge in [-0.1, -0.05) is 61.0 Å². The molecule has 0 aromatic heterocycles. The Balaban J connectivity index is 2.29. The normalized spacial score (nSPS) is 12.4. The maximum absolute atomic E-state index is 3.05. The summed E-state index contributed by atoms with van der Waals surface area (Å²) in [7, 11) is 0. The van der Waals surface area contributed by atoms with E-state index in [0.717, 1.165) is 0 Å². The molecule has 15 heavy (non-hydrogen) atoms. The maximum Gasteiger partial charge on any atom is 0.00610 e. The molecule has 0 aliphatic rings. The van der Waals surface area contributed by atoms with Gasteiger partial charge in [-0.05, 0) is 24.1 Å². The molecule has 0 heterocycles. The number of aryl methyl sites for hydroxylation is 1. The largest absolute Gasteiger partial charge is 0.0590 e. The zero-order valence-electron chi connectivity index (χ0n) is 9.20. The molecule has 0 nitrogen and oxygen atoms in total. The predicted molar refractivity (Wildman–Crippen MR) is 64.0 cm³/mol. The minimum atomic E-state index is 0.459. The molecule has 1 unspecified atom stereocenters. The summed E-state index contributed by atoms with van der Waals surface area (Å²) in [6, 6.07) is 20.0. The van der Waals surface area contributed by atoms with Crippen LogP contribution in [0.15, 0.2) is 48.5 Å². The Kier molecular flexibility index (Phi) is 2.86. The van der Waals surface area contributed by atoms with Crippen molar-refractivity contribution in [3.8, 4) is 0 Å². The van der Waals surface area contributed by atoms with Gasteiger partial charge in [0.25, 0.3) is 0 Å². The molecule has 0 aliphatic heterocycles. The Morgan fingerprint density at radius 1 is 0.867 bits per heavy atom. The van der Waals surface area contributed by atoms with Gasteiger partial charge in [-0.3, -0.25) is 0 Å². The first kappa shape index (κ1) is 9.97. The molecule has 2 aromatic carbocycles. The molecule has 0 aliphatic carbocycles. The standard InChI is InChI=1S/C15H15/c1-12-8-10-15(11-9-12)13(2)14-6-4-3-5-7-14/h4-11,13H,1-2H3. The fourth-order valence-electron chi connectivity index (χ4n) is 1.74. The lowest BCUT2D eigenvalue weighted by Gasteiger charge is -2.12. The molecule has 2 aromatic rings. The summed E-state index contributed by atoms with van der Waals surface area (Å²) in [5.74, 6) is 0.459. The first-order chi connectivity index (χ1) is 7.27. The summed E-state index contributed by atoms with van der Waals surface area (Å²) in [5.41, 5.74) is 4.02. The fraction of sp³-hybridized carbons (Fsp3) is 0.200. The fourth-order valence-corrected chi connectivity index (χ4v) is 1.74. The average Bonchev–Trinajstić information content (AvgIpc) is 2.30.